The molecule has 4 nitrogen and oxygen atoms in total. The third-order valence-electron chi connectivity index (χ3n) is 5.00. The van der Waals surface area contributed by atoms with Gasteiger partial charge in [0, 0.05) is 33.2 Å². The maximum Gasteiger partial charge on any atom is 0.193 e. The average molecular weight is 476 g/mol. The summed E-state index contributed by atoms with van der Waals surface area (Å²) in [5, 5.41) is 3.43. The first-order valence-corrected chi connectivity index (χ1v) is 9.50. The molecule has 0 aliphatic carbocycles. The molecule has 1 aromatic rings. The molecule has 1 N–H and O–H groups in total. The van der Waals surface area contributed by atoms with E-state index in [-0.39, 0.29) is 29.8 Å². The number of nitrogens with zero attached hydrogens (tertiary/aromatic N) is 3. The second kappa shape index (κ2) is 12.5. The maximum atomic E-state index is 13.0. The fraction of sp³-hybridized carbons (Fsp3) is 0.650. The lowest BCUT2D eigenvalue weighted by Crippen LogP contribution is -2.40. The molecule has 1 aliphatic heterocycles. The fourth-order valence-electron chi connectivity index (χ4n) is 3.45. The van der Waals surface area contributed by atoms with Crippen molar-refractivity contribution in [1.82, 2.24) is 15.1 Å². The molecular weight excluding hydrogens is 442 g/mol. The Hall–Kier alpha value is -0.890. The van der Waals surface area contributed by atoms with Crippen molar-refractivity contribution in [2.75, 3.05) is 33.7 Å². The number of hydrogen-bond acceptors (Lipinski definition) is 2. The van der Waals surface area contributed by atoms with Crippen LogP contribution in [0, 0.1) is 5.82 Å². The van der Waals surface area contributed by atoms with Crippen LogP contribution in [0.3, 0.4) is 0 Å². The number of likely N-dealkylation sites (tertiary alicyclic amines) is 1. The van der Waals surface area contributed by atoms with Gasteiger partial charge in [0.15, 0.2) is 5.96 Å². The zero-order valence-corrected chi connectivity index (χ0v) is 18.7. The van der Waals surface area contributed by atoms with E-state index in [0.717, 1.165) is 30.5 Å². The number of rotatable bonds is 7. The van der Waals surface area contributed by atoms with Crippen LogP contribution in [0.5, 0.6) is 0 Å². The van der Waals surface area contributed by atoms with Crippen molar-refractivity contribution in [1.29, 1.82) is 0 Å². The van der Waals surface area contributed by atoms with Gasteiger partial charge in [-0.2, -0.15) is 0 Å². The predicted molar refractivity (Wildman–Crippen MR) is 119 cm³/mol. The van der Waals surface area contributed by atoms with Crippen molar-refractivity contribution in [2.45, 2.75) is 51.6 Å². The number of nitrogens with one attached hydrogen (secondary N) is 1. The molecule has 0 aromatic heterocycles. The molecule has 0 saturated carbocycles. The highest BCUT2D eigenvalue weighted by Crippen LogP contribution is 2.16. The molecule has 1 fully saturated rings. The SMILES string of the molecule is CN=C(NCCCCN1CCCCC1C)N(C)Cc1ccc(F)cc1.I. The summed E-state index contributed by atoms with van der Waals surface area (Å²) in [7, 11) is 3.81. The molecule has 1 atom stereocenters. The third-order valence-corrected chi connectivity index (χ3v) is 5.00. The molecule has 1 aromatic carbocycles. The van der Waals surface area contributed by atoms with Crippen LogP contribution in [-0.2, 0) is 6.54 Å². The quantitative estimate of drug-likeness (QED) is 0.278. The number of guanidine groups is 1. The molecule has 1 heterocycles. The Morgan fingerprint density at radius 1 is 1.27 bits per heavy atom. The maximum absolute atomic E-state index is 13.0. The summed E-state index contributed by atoms with van der Waals surface area (Å²) in [4.78, 5) is 9.04. The zero-order valence-electron chi connectivity index (χ0n) is 16.4. The minimum Gasteiger partial charge on any atom is -0.356 e. The van der Waals surface area contributed by atoms with Crippen molar-refractivity contribution in [2.24, 2.45) is 4.99 Å². The van der Waals surface area contributed by atoms with Crippen LogP contribution in [0.2, 0.25) is 0 Å². The predicted octanol–water partition coefficient (Wildman–Crippen LogP) is 4.11. The van der Waals surface area contributed by atoms with Gasteiger partial charge < -0.3 is 15.1 Å². The lowest BCUT2D eigenvalue weighted by Gasteiger charge is -2.33. The standard InChI is InChI=1S/C20H33FN4.HI/c1-17-8-4-6-14-25(17)15-7-5-13-23-20(22-2)24(3)16-18-9-11-19(21)12-10-18;/h9-12,17H,4-8,13-16H2,1-3H3,(H,22,23);1H. The smallest absolute Gasteiger partial charge is 0.193 e. The first kappa shape index (κ1) is 23.1. The summed E-state index contributed by atoms with van der Waals surface area (Å²) in [6.45, 7) is 6.46. The van der Waals surface area contributed by atoms with E-state index < -0.39 is 0 Å². The van der Waals surface area contributed by atoms with Crippen molar-refractivity contribution in [3.8, 4) is 0 Å². The zero-order chi connectivity index (χ0) is 18.1. The molecule has 0 spiro atoms. The number of benzene rings is 1. The first-order valence-electron chi connectivity index (χ1n) is 9.50. The van der Waals surface area contributed by atoms with Crippen LogP contribution in [0.15, 0.2) is 29.3 Å². The van der Waals surface area contributed by atoms with E-state index in [9.17, 15) is 4.39 Å². The van der Waals surface area contributed by atoms with Gasteiger partial charge >= 0.3 is 0 Å². The normalized spacial score (nSPS) is 18.3. The second-order valence-electron chi connectivity index (χ2n) is 7.04. The summed E-state index contributed by atoms with van der Waals surface area (Å²) in [5.74, 6) is 0.688. The molecule has 0 bridgehead atoms. The molecule has 1 aliphatic rings. The third kappa shape index (κ3) is 7.78. The Bertz CT molecular complexity index is 535. The van der Waals surface area contributed by atoms with Crippen molar-refractivity contribution in [3.63, 3.8) is 0 Å². The van der Waals surface area contributed by atoms with Crippen molar-refractivity contribution >= 4 is 29.9 Å². The van der Waals surface area contributed by atoms with Crippen LogP contribution in [0.4, 0.5) is 4.39 Å². The van der Waals surface area contributed by atoms with E-state index >= 15 is 0 Å². The van der Waals surface area contributed by atoms with Crippen molar-refractivity contribution < 1.29 is 4.39 Å². The van der Waals surface area contributed by atoms with Gasteiger partial charge in [0.2, 0.25) is 0 Å². The highest BCUT2D eigenvalue weighted by Gasteiger charge is 2.17. The van der Waals surface area contributed by atoms with Crippen LogP contribution >= 0.6 is 24.0 Å². The Balaban J connectivity index is 0.00000338. The largest absolute Gasteiger partial charge is 0.356 e. The van der Waals surface area contributed by atoms with Gasteiger partial charge in [-0.3, -0.25) is 4.99 Å². The summed E-state index contributed by atoms with van der Waals surface area (Å²) >= 11 is 0. The van der Waals surface area contributed by atoms with Crippen LogP contribution in [0.25, 0.3) is 0 Å². The molecule has 0 amide bonds. The van der Waals surface area contributed by atoms with Crippen molar-refractivity contribution in [3.05, 3.63) is 35.6 Å². The van der Waals surface area contributed by atoms with E-state index in [1.54, 1.807) is 7.05 Å². The second-order valence-corrected chi connectivity index (χ2v) is 7.04. The van der Waals surface area contributed by atoms with Gasteiger partial charge in [-0.05, 0) is 63.4 Å². The van der Waals surface area contributed by atoms with Gasteiger partial charge in [-0.1, -0.05) is 18.6 Å². The average Bonchev–Trinajstić information content (AvgIpc) is 2.61. The number of aliphatic imine (C=N–C) groups is 1. The highest BCUT2D eigenvalue weighted by molar-refractivity contribution is 14.0. The van der Waals surface area contributed by atoms with Gasteiger partial charge in [0.05, 0.1) is 0 Å². The number of piperidine rings is 1. The molecule has 6 heteroatoms. The van der Waals surface area contributed by atoms with E-state index in [1.807, 2.05) is 19.2 Å². The van der Waals surface area contributed by atoms with E-state index in [1.165, 1.54) is 50.9 Å². The minimum absolute atomic E-state index is 0. The molecule has 2 rings (SSSR count). The Kier molecular flexibility index (Phi) is 11.1. The monoisotopic (exact) mass is 476 g/mol. The number of hydrogen-bond donors (Lipinski definition) is 1. The van der Waals surface area contributed by atoms with Crippen LogP contribution in [-0.4, -0.2) is 55.5 Å². The van der Waals surface area contributed by atoms with Gasteiger partial charge in [0.1, 0.15) is 5.82 Å². The Labute approximate surface area is 175 Å². The fourth-order valence-corrected chi connectivity index (χ4v) is 3.45. The summed E-state index contributed by atoms with van der Waals surface area (Å²) < 4.78 is 13.0. The first-order chi connectivity index (χ1) is 12.1. The van der Waals surface area contributed by atoms with Crippen LogP contribution in [0.1, 0.15) is 44.6 Å². The molecule has 1 saturated heterocycles. The lowest BCUT2D eigenvalue weighted by molar-refractivity contribution is 0.158. The van der Waals surface area contributed by atoms with Crippen LogP contribution < -0.4 is 5.32 Å². The minimum atomic E-state index is -0.197. The molecule has 1 unspecified atom stereocenters. The Morgan fingerprint density at radius 2 is 2.00 bits per heavy atom. The van der Waals surface area contributed by atoms with Gasteiger partial charge in [-0.15, -0.1) is 24.0 Å². The molecular formula is C20H34FIN4. The van der Waals surface area contributed by atoms with E-state index in [0.29, 0.717) is 6.54 Å². The van der Waals surface area contributed by atoms with Gasteiger partial charge in [0.25, 0.3) is 0 Å². The molecule has 26 heavy (non-hydrogen) atoms. The molecule has 148 valence electrons. The van der Waals surface area contributed by atoms with E-state index in [4.69, 9.17) is 0 Å². The lowest BCUT2D eigenvalue weighted by atomic mass is 10.0. The van der Waals surface area contributed by atoms with Gasteiger partial charge in [-0.25, -0.2) is 4.39 Å². The molecule has 0 radical (unpaired) electrons. The number of unbranched alkanes of at least 4 members (excludes halogenated alkanes) is 1. The summed E-state index contributed by atoms with van der Waals surface area (Å²) in [6, 6.07) is 7.39. The highest BCUT2D eigenvalue weighted by atomic mass is 127. The number of halogens is 2. The van der Waals surface area contributed by atoms with E-state index in [2.05, 4.69) is 27.0 Å². The Morgan fingerprint density at radius 3 is 2.65 bits per heavy atom. The summed E-state index contributed by atoms with van der Waals surface area (Å²) in [6.07, 6.45) is 6.45. The topological polar surface area (TPSA) is 30.9 Å². The summed E-state index contributed by atoms with van der Waals surface area (Å²) in [5.41, 5.74) is 1.07.